The summed E-state index contributed by atoms with van der Waals surface area (Å²) >= 11 is 0. The highest BCUT2D eigenvalue weighted by Gasteiger charge is 2.34. The number of aryl methyl sites for hydroxylation is 2. The molecule has 2 N–H and O–H groups in total. The second-order valence-corrected chi connectivity index (χ2v) is 5.57. The fraction of sp³-hybridized carbons (Fsp3) is 0.533. The third-order valence-electron chi connectivity index (χ3n) is 3.96. The monoisotopic (exact) mass is 291 g/mol. The van der Waals surface area contributed by atoms with Crippen molar-refractivity contribution in [3.05, 3.63) is 29.6 Å². The molecular weight excluding hydrogens is 270 g/mol. The molecule has 114 valence electrons. The van der Waals surface area contributed by atoms with E-state index >= 15 is 0 Å². The lowest BCUT2D eigenvalue weighted by atomic mass is 9.82. The van der Waals surface area contributed by atoms with E-state index in [9.17, 15) is 14.7 Å². The van der Waals surface area contributed by atoms with Crippen LogP contribution in [0.4, 0.5) is 0 Å². The topological polar surface area (TPSA) is 84.2 Å². The molecule has 3 atom stereocenters. The Morgan fingerprint density at radius 2 is 2.00 bits per heavy atom. The zero-order valence-electron chi connectivity index (χ0n) is 12.5. The number of aliphatic carboxylic acids is 1. The van der Waals surface area contributed by atoms with Gasteiger partial charge in [-0.3, -0.25) is 14.3 Å². The van der Waals surface area contributed by atoms with Crippen molar-refractivity contribution in [3.8, 4) is 0 Å². The number of rotatable bonds is 4. The van der Waals surface area contributed by atoms with Crippen molar-refractivity contribution in [2.75, 3.05) is 0 Å². The van der Waals surface area contributed by atoms with Gasteiger partial charge in [0.25, 0.3) is 0 Å². The fourth-order valence-corrected chi connectivity index (χ4v) is 2.82. The van der Waals surface area contributed by atoms with Crippen LogP contribution in [0.3, 0.4) is 0 Å². The van der Waals surface area contributed by atoms with Crippen molar-refractivity contribution < 1.29 is 14.7 Å². The molecule has 1 aromatic rings. The second-order valence-electron chi connectivity index (χ2n) is 5.57. The second kappa shape index (κ2) is 6.11. The molecule has 0 unspecified atom stereocenters. The van der Waals surface area contributed by atoms with Gasteiger partial charge in [-0.2, -0.15) is 5.10 Å². The quantitative estimate of drug-likeness (QED) is 0.825. The smallest absolute Gasteiger partial charge is 0.307 e. The third-order valence-corrected chi connectivity index (χ3v) is 3.96. The molecule has 0 fully saturated rings. The number of carboxylic acid groups (broad SMARTS) is 1. The number of amides is 1. The maximum atomic E-state index is 12.4. The molecule has 6 heteroatoms. The Balaban J connectivity index is 2.08. The minimum Gasteiger partial charge on any atom is -0.481 e. The predicted octanol–water partition coefficient (Wildman–Crippen LogP) is 1.57. The Kier molecular flexibility index (Phi) is 4.45. The molecule has 6 nitrogen and oxygen atoms in total. The Bertz CT molecular complexity index is 577. The summed E-state index contributed by atoms with van der Waals surface area (Å²) in [7, 11) is 1.83. The van der Waals surface area contributed by atoms with Gasteiger partial charge in [0, 0.05) is 18.8 Å². The Morgan fingerprint density at radius 3 is 2.52 bits per heavy atom. The predicted molar refractivity (Wildman–Crippen MR) is 77.5 cm³/mol. The number of carboxylic acids is 1. The molecule has 2 rings (SSSR count). The molecule has 0 aliphatic heterocycles. The largest absolute Gasteiger partial charge is 0.481 e. The first kappa shape index (κ1) is 15.3. The SMILES string of the molecule is Cc1nn(C)cc1[C@H](C)NC(=O)[C@@H]1CC=CC[C@H]1C(=O)O. The molecule has 21 heavy (non-hydrogen) atoms. The van der Waals surface area contributed by atoms with Crippen molar-refractivity contribution in [2.24, 2.45) is 18.9 Å². The van der Waals surface area contributed by atoms with Crippen molar-refractivity contribution in [1.29, 1.82) is 0 Å². The molecule has 1 aliphatic rings. The highest BCUT2D eigenvalue weighted by Crippen LogP contribution is 2.27. The maximum Gasteiger partial charge on any atom is 0.307 e. The van der Waals surface area contributed by atoms with Crippen LogP contribution >= 0.6 is 0 Å². The number of hydrogen-bond acceptors (Lipinski definition) is 3. The summed E-state index contributed by atoms with van der Waals surface area (Å²) in [6.45, 7) is 3.78. The number of aromatic nitrogens is 2. The molecule has 0 saturated carbocycles. The Labute approximate surface area is 123 Å². The molecule has 0 radical (unpaired) electrons. The average Bonchev–Trinajstić information content (AvgIpc) is 2.77. The summed E-state index contributed by atoms with van der Waals surface area (Å²) in [5, 5.41) is 16.4. The van der Waals surface area contributed by atoms with E-state index in [1.807, 2.05) is 39.2 Å². The van der Waals surface area contributed by atoms with Crippen LogP contribution in [0.1, 0.15) is 37.1 Å². The number of allylic oxidation sites excluding steroid dienone is 2. The number of nitrogens with zero attached hydrogens (tertiary/aromatic N) is 2. The number of carbonyl (C=O) groups is 2. The van der Waals surface area contributed by atoms with Gasteiger partial charge in [-0.15, -0.1) is 0 Å². The number of carbonyl (C=O) groups excluding carboxylic acids is 1. The van der Waals surface area contributed by atoms with Gasteiger partial charge in [-0.05, 0) is 26.7 Å². The highest BCUT2D eigenvalue weighted by atomic mass is 16.4. The molecule has 1 aliphatic carbocycles. The van der Waals surface area contributed by atoms with Crippen LogP contribution in [0.15, 0.2) is 18.3 Å². The molecule has 0 spiro atoms. The van der Waals surface area contributed by atoms with Gasteiger partial charge in [0.2, 0.25) is 5.91 Å². The van der Waals surface area contributed by atoms with Gasteiger partial charge in [0.1, 0.15) is 0 Å². The summed E-state index contributed by atoms with van der Waals surface area (Å²) in [5.41, 5.74) is 1.81. The zero-order valence-corrected chi connectivity index (χ0v) is 12.5. The third kappa shape index (κ3) is 3.32. The molecular formula is C15H21N3O3. The van der Waals surface area contributed by atoms with E-state index in [2.05, 4.69) is 10.4 Å². The average molecular weight is 291 g/mol. The Hall–Kier alpha value is -2.11. The summed E-state index contributed by atoms with van der Waals surface area (Å²) in [6, 6.07) is -0.188. The van der Waals surface area contributed by atoms with Crippen molar-refractivity contribution >= 4 is 11.9 Å². The first-order valence-corrected chi connectivity index (χ1v) is 7.08. The van der Waals surface area contributed by atoms with Gasteiger partial charge < -0.3 is 10.4 Å². The molecule has 1 amide bonds. The summed E-state index contributed by atoms with van der Waals surface area (Å²) in [6.07, 6.45) is 6.46. The lowest BCUT2D eigenvalue weighted by molar-refractivity contribution is -0.147. The lowest BCUT2D eigenvalue weighted by Gasteiger charge is -2.26. The summed E-state index contributed by atoms with van der Waals surface area (Å²) in [5.74, 6) is -2.27. The van der Waals surface area contributed by atoms with E-state index in [-0.39, 0.29) is 11.9 Å². The minimum absolute atomic E-state index is 0.188. The fourth-order valence-electron chi connectivity index (χ4n) is 2.82. The van der Waals surface area contributed by atoms with Gasteiger partial charge in [0.15, 0.2) is 0 Å². The van der Waals surface area contributed by atoms with Crippen LogP contribution in [0.2, 0.25) is 0 Å². The molecule has 0 bridgehead atoms. The van der Waals surface area contributed by atoms with E-state index in [4.69, 9.17) is 0 Å². The number of hydrogen-bond donors (Lipinski definition) is 2. The van der Waals surface area contributed by atoms with Crippen LogP contribution in [-0.2, 0) is 16.6 Å². The van der Waals surface area contributed by atoms with Crippen LogP contribution in [-0.4, -0.2) is 26.8 Å². The van der Waals surface area contributed by atoms with Crippen LogP contribution in [0, 0.1) is 18.8 Å². The van der Waals surface area contributed by atoms with E-state index in [1.165, 1.54) is 0 Å². The lowest BCUT2D eigenvalue weighted by Crippen LogP contribution is -2.39. The Morgan fingerprint density at radius 1 is 1.38 bits per heavy atom. The van der Waals surface area contributed by atoms with Crippen molar-refractivity contribution in [3.63, 3.8) is 0 Å². The molecule has 1 heterocycles. The number of nitrogens with one attached hydrogen (secondary N) is 1. The standard InChI is InChI=1S/C15H21N3O3/c1-9(13-8-18(3)17-10(13)2)16-14(19)11-6-4-5-7-12(11)15(20)21/h4-5,8-9,11-12H,6-7H2,1-3H3,(H,16,19)(H,20,21)/t9-,11+,12+/m0/s1. The summed E-state index contributed by atoms with van der Waals surface area (Å²) in [4.78, 5) is 23.6. The molecule has 0 aromatic carbocycles. The van der Waals surface area contributed by atoms with E-state index in [0.29, 0.717) is 12.8 Å². The van der Waals surface area contributed by atoms with Crippen LogP contribution in [0.5, 0.6) is 0 Å². The highest BCUT2D eigenvalue weighted by molar-refractivity contribution is 5.85. The van der Waals surface area contributed by atoms with Gasteiger partial charge in [-0.25, -0.2) is 0 Å². The van der Waals surface area contributed by atoms with Crippen molar-refractivity contribution in [2.45, 2.75) is 32.7 Å². The first-order valence-electron chi connectivity index (χ1n) is 7.08. The van der Waals surface area contributed by atoms with Crippen LogP contribution in [0.25, 0.3) is 0 Å². The van der Waals surface area contributed by atoms with E-state index < -0.39 is 17.8 Å². The minimum atomic E-state index is -0.912. The van der Waals surface area contributed by atoms with Gasteiger partial charge in [0.05, 0.1) is 23.6 Å². The van der Waals surface area contributed by atoms with E-state index in [1.54, 1.807) is 4.68 Å². The molecule has 1 aromatic heterocycles. The summed E-state index contributed by atoms with van der Waals surface area (Å²) < 4.78 is 1.71. The zero-order chi connectivity index (χ0) is 15.6. The maximum absolute atomic E-state index is 12.4. The van der Waals surface area contributed by atoms with Gasteiger partial charge in [-0.1, -0.05) is 12.2 Å². The first-order chi connectivity index (χ1) is 9.90. The molecule has 0 saturated heterocycles. The normalized spacial score (nSPS) is 22.8. The van der Waals surface area contributed by atoms with Crippen LogP contribution < -0.4 is 5.32 Å². The van der Waals surface area contributed by atoms with E-state index in [0.717, 1.165) is 11.3 Å². The van der Waals surface area contributed by atoms with Gasteiger partial charge >= 0.3 is 5.97 Å². The van der Waals surface area contributed by atoms with Crippen molar-refractivity contribution in [1.82, 2.24) is 15.1 Å².